The molecule has 2 N–H and O–H groups in total. The number of aromatic nitrogens is 1. The topological polar surface area (TPSA) is 113 Å². The highest BCUT2D eigenvalue weighted by molar-refractivity contribution is 8.77. The fraction of sp³-hybridized carbons (Fsp3) is 0.267. The van der Waals surface area contributed by atoms with Crippen molar-refractivity contribution in [3.05, 3.63) is 82.8 Å². The van der Waals surface area contributed by atoms with Gasteiger partial charge < -0.3 is 14.8 Å². The zero-order chi connectivity index (χ0) is 30.4. The third-order valence-corrected chi connectivity index (χ3v) is 11.2. The van der Waals surface area contributed by atoms with Crippen LogP contribution in [0.5, 0.6) is 11.5 Å². The molecular weight excluding hydrogens is 631 g/mol. The fourth-order valence-electron chi connectivity index (χ4n) is 4.49. The zero-order valence-electron chi connectivity index (χ0n) is 23.1. The lowest BCUT2D eigenvalue weighted by Crippen LogP contribution is -2.19. The van der Waals surface area contributed by atoms with Crippen LogP contribution in [-0.2, 0) is 16.6 Å². The van der Waals surface area contributed by atoms with Crippen molar-refractivity contribution in [2.75, 3.05) is 28.2 Å². The number of nitrogens with one attached hydrogen (secondary N) is 2. The molecule has 8 nitrogen and oxygen atoms in total. The summed E-state index contributed by atoms with van der Waals surface area (Å²) in [4.78, 5) is 4.42. The number of anilines is 3. The highest BCUT2D eigenvalue weighted by atomic mass is 35.5. The molecule has 224 valence electrons. The molecule has 0 amide bonds. The lowest BCUT2D eigenvalue weighted by molar-refractivity contribution is 0.306. The molecule has 4 aromatic rings. The number of fused-ring (bicyclic) bond motifs is 1. The Bertz CT molecular complexity index is 1780. The van der Waals surface area contributed by atoms with Crippen LogP contribution in [-0.4, -0.2) is 36.8 Å². The van der Waals surface area contributed by atoms with Crippen LogP contribution in [0.1, 0.15) is 30.9 Å². The first-order valence-corrected chi connectivity index (χ1v) is 17.9. The fourth-order valence-corrected chi connectivity index (χ4v) is 9.05. The summed E-state index contributed by atoms with van der Waals surface area (Å²) in [6.07, 6.45) is 2.99. The molecule has 1 atom stereocenters. The summed E-state index contributed by atoms with van der Waals surface area (Å²) in [5.41, 5.74) is 2.68. The molecule has 0 aliphatic carbocycles. The normalized spacial score (nSPS) is 14.8. The van der Waals surface area contributed by atoms with Gasteiger partial charge in [0.15, 0.2) is 0 Å². The summed E-state index contributed by atoms with van der Waals surface area (Å²) >= 11 is 6.50. The molecule has 1 saturated heterocycles. The molecule has 1 aliphatic rings. The van der Waals surface area contributed by atoms with E-state index < -0.39 is 10.0 Å². The Hall–Kier alpha value is -3.37. The van der Waals surface area contributed by atoms with Crippen LogP contribution in [0.3, 0.4) is 0 Å². The average molecular weight is 659 g/mol. The molecule has 13 heteroatoms. The van der Waals surface area contributed by atoms with Crippen molar-refractivity contribution in [3.63, 3.8) is 0 Å². The number of hydrogen-bond donors (Lipinski definition) is 2. The Morgan fingerprint density at radius 2 is 2.02 bits per heavy atom. The van der Waals surface area contributed by atoms with E-state index in [9.17, 15) is 18.1 Å². The van der Waals surface area contributed by atoms with Crippen LogP contribution in [0.2, 0.25) is 5.02 Å². The van der Waals surface area contributed by atoms with Gasteiger partial charge in [0.1, 0.15) is 30.0 Å². The van der Waals surface area contributed by atoms with Gasteiger partial charge in [-0.15, -0.1) is 0 Å². The number of rotatable bonds is 12. The number of nitrogens with zero attached hydrogens (tertiary/aromatic N) is 2. The van der Waals surface area contributed by atoms with E-state index in [-0.39, 0.29) is 29.4 Å². The third kappa shape index (κ3) is 7.97. The SMILES string of the molecule is CCOc1cc2ncc(C#N)c(Nc3ccc(OCc4cccc(F)c4)c(Cl)c3)c2cc1NS(=O)(=O)CCC1CCSS1. The number of hydrogen-bond acceptors (Lipinski definition) is 9. The molecule has 0 radical (unpaired) electrons. The van der Waals surface area contributed by atoms with Gasteiger partial charge in [-0.25, -0.2) is 12.8 Å². The van der Waals surface area contributed by atoms with E-state index in [2.05, 4.69) is 21.1 Å². The summed E-state index contributed by atoms with van der Waals surface area (Å²) in [6, 6.07) is 16.6. The van der Waals surface area contributed by atoms with Gasteiger partial charge in [0.05, 0.1) is 39.8 Å². The molecule has 0 saturated carbocycles. The quantitative estimate of drug-likeness (QED) is 0.147. The van der Waals surface area contributed by atoms with Gasteiger partial charge in [-0.05, 0) is 61.7 Å². The van der Waals surface area contributed by atoms with Gasteiger partial charge in [0, 0.05) is 34.3 Å². The second-order valence-electron chi connectivity index (χ2n) is 9.68. The maximum atomic E-state index is 13.5. The Morgan fingerprint density at radius 3 is 2.74 bits per heavy atom. The lowest BCUT2D eigenvalue weighted by Gasteiger charge is -2.17. The first kappa shape index (κ1) is 31.1. The van der Waals surface area contributed by atoms with Gasteiger partial charge in [0.2, 0.25) is 10.0 Å². The van der Waals surface area contributed by atoms with Crippen molar-refractivity contribution < 1.29 is 22.3 Å². The Balaban J connectivity index is 1.42. The Kier molecular flexibility index (Phi) is 10.1. The van der Waals surface area contributed by atoms with E-state index in [1.807, 2.05) is 6.92 Å². The van der Waals surface area contributed by atoms with E-state index in [4.69, 9.17) is 21.1 Å². The van der Waals surface area contributed by atoms with Crippen molar-refractivity contribution in [1.29, 1.82) is 5.26 Å². The number of benzene rings is 3. The number of ether oxygens (including phenoxy) is 2. The van der Waals surface area contributed by atoms with Crippen LogP contribution in [0, 0.1) is 17.1 Å². The standard InChI is InChI=1S/C30H28ClFN4O4S3/c1-2-39-29-15-26-24(14-27(29)36-43(37,38)11-9-23-8-10-41-42-23)30(20(16-33)17-34-26)35-22-6-7-28(25(31)13-22)40-18-19-4-3-5-21(32)12-19/h3-7,12-15,17,23,36H,2,8-11,18H2,1H3,(H,34,35). The predicted octanol–water partition coefficient (Wildman–Crippen LogP) is 7.91. The molecule has 1 unspecified atom stereocenters. The molecule has 0 spiro atoms. The molecule has 3 aromatic carbocycles. The van der Waals surface area contributed by atoms with Gasteiger partial charge in [-0.3, -0.25) is 9.71 Å². The largest absolute Gasteiger partial charge is 0.492 e. The molecule has 43 heavy (non-hydrogen) atoms. The predicted molar refractivity (Wildman–Crippen MR) is 174 cm³/mol. The maximum Gasteiger partial charge on any atom is 0.232 e. The van der Waals surface area contributed by atoms with E-state index in [1.165, 1.54) is 18.3 Å². The van der Waals surface area contributed by atoms with Crippen molar-refractivity contribution in [2.24, 2.45) is 0 Å². The first-order chi connectivity index (χ1) is 20.7. The second kappa shape index (κ2) is 13.9. The minimum atomic E-state index is -3.67. The summed E-state index contributed by atoms with van der Waals surface area (Å²) in [6.45, 7) is 2.27. The first-order valence-electron chi connectivity index (χ1n) is 13.5. The Labute approximate surface area is 262 Å². The second-order valence-corrected chi connectivity index (χ2v) is 14.7. The average Bonchev–Trinajstić information content (AvgIpc) is 3.51. The number of pyridine rings is 1. The van der Waals surface area contributed by atoms with Crippen molar-refractivity contribution >= 4 is 71.2 Å². The lowest BCUT2D eigenvalue weighted by atomic mass is 10.1. The van der Waals surface area contributed by atoms with Crippen LogP contribution in [0.15, 0.2) is 60.8 Å². The van der Waals surface area contributed by atoms with Crippen molar-refractivity contribution in [2.45, 2.75) is 31.6 Å². The summed E-state index contributed by atoms with van der Waals surface area (Å²) in [5.74, 6) is 1.42. The summed E-state index contributed by atoms with van der Waals surface area (Å²) in [7, 11) is -0.163. The minimum absolute atomic E-state index is 0.0114. The van der Waals surface area contributed by atoms with Crippen LogP contribution in [0.4, 0.5) is 21.5 Å². The molecule has 0 bridgehead atoms. The number of halogens is 2. The monoisotopic (exact) mass is 658 g/mol. The van der Waals surface area contributed by atoms with Gasteiger partial charge in [0.25, 0.3) is 0 Å². The number of nitriles is 1. The molecule has 1 fully saturated rings. The van der Waals surface area contributed by atoms with E-state index in [0.29, 0.717) is 62.6 Å². The summed E-state index contributed by atoms with van der Waals surface area (Å²) < 4.78 is 53.9. The smallest absolute Gasteiger partial charge is 0.232 e. The number of sulfonamides is 1. The van der Waals surface area contributed by atoms with Gasteiger partial charge in [-0.1, -0.05) is 45.3 Å². The van der Waals surface area contributed by atoms with Crippen molar-refractivity contribution in [3.8, 4) is 17.6 Å². The van der Waals surface area contributed by atoms with E-state index >= 15 is 0 Å². The van der Waals surface area contributed by atoms with E-state index in [1.54, 1.807) is 64.1 Å². The summed E-state index contributed by atoms with van der Waals surface area (Å²) in [5, 5.41) is 14.3. The molecule has 5 rings (SSSR count). The van der Waals surface area contributed by atoms with Crippen LogP contribution >= 0.6 is 33.2 Å². The van der Waals surface area contributed by atoms with E-state index in [0.717, 1.165) is 12.2 Å². The molecule has 2 heterocycles. The zero-order valence-corrected chi connectivity index (χ0v) is 26.3. The minimum Gasteiger partial charge on any atom is -0.492 e. The highest BCUT2D eigenvalue weighted by Crippen LogP contribution is 2.40. The molecule has 1 aromatic heterocycles. The van der Waals surface area contributed by atoms with Crippen LogP contribution in [0.25, 0.3) is 10.9 Å². The molecular formula is C30H28ClFN4O4S3. The van der Waals surface area contributed by atoms with Gasteiger partial charge in [-0.2, -0.15) is 5.26 Å². The van der Waals surface area contributed by atoms with Crippen LogP contribution < -0.4 is 19.5 Å². The third-order valence-electron chi connectivity index (χ3n) is 6.58. The Morgan fingerprint density at radius 1 is 1.16 bits per heavy atom. The van der Waals surface area contributed by atoms with Crippen molar-refractivity contribution in [1.82, 2.24) is 4.98 Å². The maximum absolute atomic E-state index is 13.5. The van der Waals surface area contributed by atoms with Gasteiger partial charge >= 0.3 is 0 Å². The molecule has 1 aliphatic heterocycles. The highest BCUT2D eigenvalue weighted by Gasteiger charge is 2.22.